The molecule has 0 aromatic carbocycles. The average Bonchev–Trinajstić information content (AvgIpc) is 2.07. The number of hydrogen-bond acceptors (Lipinski definition) is 2. The third-order valence-electron chi connectivity index (χ3n) is 3.85. The van der Waals surface area contributed by atoms with Crippen LogP contribution in [0, 0.1) is 5.41 Å². The van der Waals surface area contributed by atoms with Crippen molar-refractivity contribution in [3.63, 3.8) is 0 Å². The largest absolute Gasteiger partial charge is 0.381 e. The Balaban J connectivity index is 1.58. The van der Waals surface area contributed by atoms with Crippen molar-refractivity contribution in [2.45, 2.75) is 38.1 Å². The van der Waals surface area contributed by atoms with Gasteiger partial charge in [0.2, 0.25) is 0 Å². The fraction of sp³-hybridized carbons (Fsp3) is 0.583. The Hall–Kier alpha value is -0.570. The van der Waals surface area contributed by atoms with Crippen LogP contribution in [0.3, 0.4) is 0 Å². The van der Waals surface area contributed by atoms with Crippen molar-refractivity contribution in [2.75, 3.05) is 5.32 Å². The molecular weight excluding hydrogens is 252 g/mol. The first-order chi connectivity index (χ1) is 7.26. The Morgan fingerprint density at radius 1 is 1.33 bits per heavy atom. The molecule has 2 fully saturated rings. The van der Waals surface area contributed by atoms with Gasteiger partial charge in [-0.25, -0.2) is 0 Å². The second kappa shape index (κ2) is 3.48. The molecule has 2 aliphatic rings. The van der Waals surface area contributed by atoms with Gasteiger partial charge in [-0.2, -0.15) is 0 Å². The summed E-state index contributed by atoms with van der Waals surface area (Å²) in [6, 6.07) is 2.78. The lowest BCUT2D eigenvalue weighted by Gasteiger charge is -2.54. The van der Waals surface area contributed by atoms with Gasteiger partial charge < -0.3 is 5.32 Å². The van der Waals surface area contributed by atoms with E-state index in [-0.39, 0.29) is 0 Å². The minimum absolute atomic E-state index is 0.682. The fourth-order valence-corrected chi connectivity index (χ4v) is 3.26. The Labute approximate surface area is 98.6 Å². The summed E-state index contributed by atoms with van der Waals surface area (Å²) in [4.78, 5) is 4.16. The van der Waals surface area contributed by atoms with E-state index < -0.39 is 0 Å². The van der Waals surface area contributed by atoms with Crippen LogP contribution in [0.4, 0.5) is 5.69 Å². The molecule has 15 heavy (non-hydrogen) atoms. The number of nitrogens with one attached hydrogen (secondary N) is 1. The topological polar surface area (TPSA) is 24.9 Å². The Morgan fingerprint density at radius 2 is 2.13 bits per heavy atom. The Morgan fingerprint density at radius 3 is 2.73 bits per heavy atom. The highest BCUT2D eigenvalue weighted by Crippen LogP contribution is 2.56. The van der Waals surface area contributed by atoms with Crippen molar-refractivity contribution in [1.82, 2.24) is 4.98 Å². The lowest BCUT2D eigenvalue weighted by molar-refractivity contribution is 0.0192. The van der Waals surface area contributed by atoms with Crippen LogP contribution in [0.2, 0.25) is 0 Å². The number of pyridine rings is 1. The molecule has 3 heteroatoms. The minimum atomic E-state index is 0.682. The van der Waals surface area contributed by atoms with Crippen LogP contribution in [0.1, 0.15) is 32.1 Å². The maximum atomic E-state index is 4.16. The lowest BCUT2D eigenvalue weighted by Crippen LogP contribution is -2.49. The van der Waals surface area contributed by atoms with Crippen LogP contribution in [0.5, 0.6) is 0 Å². The number of anilines is 1. The summed E-state index contributed by atoms with van der Waals surface area (Å²) >= 11 is 3.44. The molecular formula is C12H15BrN2. The van der Waals surface area contributed by atoms with Crippen molar-refractivity contribution in [3.05, 3.63) is 22.9 Å². The van der Waals surface area contributed by atoms with Gasteiger partial charge in [-0.1, -0.05) is 6.42 Å². The normalized spacial score (nSPS) is 23.3. The van der Waals surface area contributed by atoms with E-state index in [1.807, 2.05) is 12.4 Å². The van der Waals surface area contributed by atoms with Crippen LogP contribution in [0.15, 0.2) is 22.9 Å². The quantitative estimate of drug-likeness (QED) is 0.885. The van der Waals surface area contributed by atoms with Gasteiger partial charge in [0, 0.05) is 16.7 Å². The summed E-state index contributed by atoms with van der Waals surface area (Å²) in [6.45, 7) is 0. The molecule has 0 unspecified atom stereocenters. The van der Waals surface area contributed by atoms with Crippen LogP contribution in [-0.4, -0.2) is 11.0 Å². The van der Waals surface area contributed by atoms with Crippen molar-refractivity contribution >= 4 is 21.6 Å². The predicted octanol–water partition coefficient (Wildman–Crippen LogP) is 3.59. The zero-order valence-electron chi connectivity index (χ0n) is 8.67. The van der Waals surface area contributed by atoms with Gasteiger partial charge in [0.1, 0.15) is 0 Å². The monoisotopic (exact) mass is 266 g/mol. The van der Waals surface area contributed by atoms with E-state index in [0.717, 1.165) is 15.6 Å². The van der Waals surface area contributed by atoms with E-state index in [2.05, 4.69) is 32.3 Å². The Bertz CT molecular complexity index is 366. The lowest BCUT2D eigenvalue weighted by atomic mass is 9.54. The van der Waals surface area contributed by atoms with Gasteiger partial charge in [0.15, 0.2) is 0 Å². The molecule has 2 nitrogen and oxygen atoms in total. The SMILES string of the molecule is Brc1cncc(NC2CC3(CCC3)C2)c1. The molecule has 3 rings (SSSR count). The molecule has 1 N–H and O–H groups in total. The molecule has 0 amide bonds. The highest BCUT2D eigenvalue weighted by Gasteiger charge is 2.47. The number of nitrogens with zero attached hydrogens (tertiary/aromatic N) is 1. The minimum Gasteiger partial charge on any atom is -0.381 e. The second-order valence-electron chi connectivity index (χ2n) is 4.99. The smallest absolute Gasteiger partial charge is 0.0540 e. The molecule has 1 aromatic rings. The molecule has 1 spiro atoms. The van der Waals surface area contributed by atoms with Gasteiger partial charge in [-0.15, -0.1) is 0 Å². The van der Waals surface area contributed by atoms with Crippen LogP contribution in [0.25, 0.3) is 0 Å². The molecule has 0 aliphatic heterocycles. The van der Waals surface area contributed by atoms with Gasteiger partial charge in [-0.3, -0.25) is 4.98 Å². The fourth-order valence-electron chi connectivity index (χ4n) is 2.90. The number of rotatable bonds is 2. The molecule has 2 aliphatic carbocycles. The maximum Gasteiger partial charge on any atom is 0.0540 e. The highest BCUT2D eigenvalue weighted by molar-refractivity contribution is 9.10. The van der Waals surface area contributed by atoms with E-state index in [1.165, 1.54) is 32.1 Å². The summed E-state index contributed by atoms with van der Waals surface area (Å²) < 4.78 is 1.05. The Kier molecular flexibility index (Phi) is 2.23. The summed E-state index contributed by atoms with van der Waals surface area (Å²) in [6.07, 6.45) is 10.8. The summed E-state index contributed by atoms with van der Waals surface area (Å²) in [5.41, 5.74) is 1.89. The van der Waals surface area contributed by atoms with Crippen LogP contribution < -0.4 is 5.32 Å². The van der Waals surface area contributed by atoms with Crippen LogP contribution >= 0.6 is 15.9 Å². The first kappa shape index (κ1) is 9.64. The van der Waals surface area contributed by atoms with Crippen molar-refractivity contribution < 1.29 is 0 Å². The van der Waals surface area contributed by atoms with E-state index in [0.29, 0.717) is 6.04 Å². The summed E-state index contributed by atoms with van der Waals surface area (Å²) in [5.74, 6) is 0. The van der Waals surface area contributed by atoms with E-state index in [9.17, 15) is 0 Å². The maximum absolute atomic E-state index is 4.16. The third kappa shape index (κ3) is 1.78. The number of halogens is 1. The molecule has 1 aromatic heterocycles. The summed E-state index contributed by atoms with van der Waals surface area (Å²) in [7, 11) is 0. The van der Waals surface area contributed by atoms with Gasteiger partial charge in [0.25, 0.3) is 0 Å². The molecule has 1 heterocycles. The zero-order valence-corrected chi connectivity index (χ0v) is 10.3. The van der Waals surface area contributed by atoms with Crippen molar-refractivity contribution in [3.8, 4) is 0 Å². The predicted molar refractivity (Wildman–Crippen MR) is 64.9 cm³/mol. The summed E-state index contributed by atoms with van der Waals surface area (Å²) in [5, 5.41) is 3.55. The zero-order chi connectivity index (χ0) is 10.3. The van der Waals surface area contributed by atoms with E-state index in [4.69, 9.17) is 0 Å². The molecule has 0 bridgehead atoms. The first-order valence-corrected chi connectivity index (χ1v) is 6.42. The van der Waals surface area contributed by atoms with Gasteiger partial charge in [0.05, 0.1) is 11.9 Å². The van der Waals surface area contributed by atoms with E-state index in [1.54, 1.807) is 0 Å². The highest BCUT2D eigenvalue weighted by atomic mass is 79.9. The number of aromatic nitrogens is 1. The second-order valence-corrected chi connectivity index (χ2v) is 5.91. The van der Waals surface area contributed by atoms with Gasteiger partial charge >= 0.3 is 0 Å². The van der Waals surface area contributed by atoms with Crippen molar-refractivity contribution in [2.24, 2.45) is 5.41 Å². The number of hydrogen-bond donors (Lipinski definition) is 1. The molecule has 2 saturated carbocycles. The molecule has 80 valence electrons. The third-order valence-corrected chi connectivity index (χ3v) is 4.28. The molecule has 0 radical (unpaired) electrons. The average molecular weight is 267 g/mol. The molecule has 0 saturated heterocycles. The first-order valence-electron chi connectivity index (χ1n) is 5.63. The van der Waals surface area contributed by atoms with E-state index >= 15 is 0 Å². The van der Waals surface area contributed by atoms with Crippen LogP contribution in [-0.2, 0) is 0 Å². The molecule has 0 atom stereocenters. The van der Waals surface area contributed by atoms with Crippen molar-refractivity contribution in [1.29, 1.82) is 0 Å². The standard InChI is InChI=1S/C12H15BrN2/c13-9-4-10(8-14-7-9)15-11-5-12(6-11)2-1-3-12/h4,7-8,11,15H,1-3,5-6H2. The van der Waals surface area contributed by atoms with Gasteiger partial charge in [-0.05, 0) is 53.1 Å².